The summed E-state index contributed by atoms with van der Waals surface area (Å²) in [6.07, 6.45) is 4.93. The van der Waals surface area contributed by atoms with Gasteiger partial charge in [0.1, 0.15) is 5.75 Å². The zero-order chi connectivity index (χ0) is 16.1. The summed E-state index contributed by atoms with van der Waals surface area (Å²) < 4.78 is 20.8. The first kappa shape index (κ1) is 15.8. The van der Waals surface area contributed by atoms with Gasteiger partial charge in [0.2, 0.25) is 0 Å². The Morgan fingerprint density at radius 3 is 2.27 bits per heavy atom. The van der Waals surface area contributed by atoms with Gasteiger partial charge < -0.3 is 18.9 Å². The second-order valence-electron chi connectivity index (χ2n) is 4.18. The Hall–Kier alpha value is -2.54. The third-order valence-corrected chi connectivity index (χ3v) is 3.09. The van der Waals surface area contributed by atoms with Crippen molar-refractivity contribution in [2.75, 3.05) is 21.3 Å². The van der Waals surface area contributed by atoms with E-state index in [0.29, 0.717) is 17.2 Å². The normalized spacial score (nSPS) is 15.9. The van der Waals surface area contributed by atoms with E-state index in [9.17, 15) is 4.79 Å². The molecule has 1 heterocycles. The van der Waals surface area contributed by atoms with Gasteiger partial charge in [-0.1, -0.05) is 12.2 Å². The van der Waals surface area contributed by atoms with E-state index < -0.39 is 0 Å². The quantitative estimate of drug-likeness (QED) is 0.661. The average Bonchev–Trinajstić information content (AvgIpc) is 2.84. The van der Waals surface area contributed by atoms with Crippen molar-refractivity contribution in [1.82, 2.24) is 5.32 Å². The molecule has 116 valence electrons. The van der Waals surface area contributed by atoms with E-state index in [4.69, 9.17) is 31.2 Å². The number of hydrogen-bond donors (Lipinski definition) is 1. The van der Waals surface area contributed by atoms with Gasteiger partial charge in [-0.2, -0.15) is 0 Å². The van der Waals surface area contributed by atoms with Crippen LogP contribution in [0.25, 0.3) is 6.08 Å². The van der Waals surface area contributed by atoms with Crippen molar-refractivity contribution in [3.05, 3.63) is 35.6 Å². The predicted molar refractivity (Wildman–Crippen MR) is 85.0 cm³/mol. The van der Waals surface area contributed by atoms with Crippen LogP contribution in [0.2, 0.25) is 0 Å². The van der Waals surface area contributed by atoms with Gasteiger partial charge >= 0.3 is 0 Å². The molecule has 1 amide bonds. The Morgan fingerprint density at radius 2 is 1.73 bits per heavy atom. The largest absolute Gasteiger partial charge is 0.496 e. The number of ether oxygens (including phenoxy) is 4. The summed E-state index contributed by atoms with van der Waals surface area (Å²) in [4.78, 5) is 11.4. The lowest BCUT2D eigenvalue weighted by Crippen LogP contribution is -2.18. The summed E-state index contributed by atoms with van der Waals surface area (Å²) in [5, 5.41) is 2.43. The minimum atomic E-state index is -0.367. The molecule has 1 aromatic rings. The second-order valence-corrected chi connectivity index (χ2v) is 4.55. The molecule has 0 atom stereocenters. The molecule has 1 aromatic carbocycles. The fraction of sp³-hybridized carbons (Fsp3) is 0.200. The molecule has 0 spiro atoms. The zero-order valence-corrected chi connectivity index (χ0v) is 13.2. The minimum Gasteiger partial charge on any atom is -0.496 e. The number of amides is 1. The van der Waals surface area contributed by atoms with E-state index in [-0.39, 0.29) is 16.8 Å². The molecule has 1 N–H and O–H groups in total. The molecule has 6 nitrogen and oxygen atoms in total. The molecule has 0 radical (unpaired) electrons. The number of benzene rings is 1. The van der Waals surface area contributed by atoms with Crippen LogP contribution in [0, 0.1) is 0 Å². The third kappa shape index (κ3) is 3.37. The molecule has 0 aliphatic carbocycles. The van der Waals surface area contributed by atoms with Crippen LogP contribution in [0.5, 0.6) is 17.2 Å². The molecule has 22 heavy (non-hydrogen) atoms. The smallest absolute Gasteiger partial charge is 0.294 e. The first-order valence-electron chi connectivity index (χ1n) is 6.30. The third-order valence-electron chi connectivity index (χ3n) is 2.90. The molecule has 0 bridgehead atoms. The van der Waals surface area contributed by atoms with Crippen molar-refractivity contribution in [3.63, 3.8) is 0 Å². The molecular weight excluding hydrogens is 306 g/mol. The van der Waals surface area contributed by atoms with Gasteiger partial charge in [-0.25, -0.2) is 0 Å². The van der Waals surface area contributed by atoms with Crippen LogP contribution in [0.15, 0.2) is 30.0 Å². The maximum Gasteiger partial charge on any atom is 0.294 e. The van der Waals surface area contributed by atoms with Gasteiger partial charge in [0.25, 0.3) is 11.1 Å². The van der Waals surface area contributed by atoms with Crippen LogP contribution in [-0.2, 0) is 9.53 Å². The fourth-order valence-electron chi connectivity index (χ4n) is 1.86. The lowest BCUT2D eigenvalue weighted by molar-refractivity contribution is -0.116. The van der Waals surface area contributed by atoms with Crippen LogP contribution in [0.1, 0.15) is 5.56 Å². The van der Waals surface area contributed by atoms with Crippen LogP contribution in [-0.4, -0.2) is 32.4 Å². The number of carbonyl (C=O) groups is 1. The summed E-state index contributed by atoms with van der Waals surface area (Å²) in [6.45, 7) is 0. The van der Waals surface area contributed by atoms with Crippen molar-refractivity contribution in [1.29, 1.82) is 0 Å². The molecule has 0 saturated carbocycles. The van der Waals surface area contributed by atoms with Crippen LogP contribution in [0.3, 0.4) is 0 Å². The van der Waals surface area contributed by atoms with E-state index in [1.807, 2.05) is 0 Å². The monoisotopic (exact) mass is 321 g/mol. The molecule has 2 rings (SSSR count). The van der Waals surface area contributed by atoms with E-state index in [1.165, 1.54) is 6.08 Å². The fourth-order valence-corrected chi connectivity index (χ4v) is 2.04. The van der Waals surface area contributed by atoms with Crippen LogP contribution >= 0.6 is 12.2 Å². The van der Waals surface area contributed by atoms with E-state index >= 15 is 0 Å². The highest BCUT2D eigenvalue weighted by molar-refractivity contribution is 7.80. The van der Waals surface area contributed by atoms with Crippen LogP contribution < -0.4 is 19.5 Å². The van der Waals surface area contributed by atoms with Gasteiger partial charge in [-0.15, -0.1) is 0 Å². The van der Waals surface area contributed by atoms with Gasteiger partial charge in [0.15, 0.2) is 17.3 Å². The highest BCUT2D eigenvalue weighted by Crippen LogP contribution is 2.35. The van der Waals surface area contributed by atoms with Crippen molar-refractivity contribution in [2.24, 2.45) is 0 Å². The summed E-state index contributed by atoms with van der Waals surface area (Å²) in [7, 11) is 4.66. The van der Waals surface area contributed by atoms with Crippen molar-refractivity contribution >= 4 is 29.4 Å². The number of methoxy groups -OCH3 is 3. The molecule has 0 aromatic heterocycles. The average molecular weight is 321 g/mol. The Labute approximate surface area is 133 Å². The number of carbonyl (C=O) groups excluding carboxylic acids is 1. The van der Waals surface area contributed by atoms with Crippen LogP contribution in [0.4, 0.5) is 0 Å². The predicted octanol–water partition coefficient (Wildman–Crippen LogP) is 2.04. The Balaban J connectivity index is 2.28. The number of nitrogens with one attached hydrogen (secondary N) is 1. The zero-order valence-electron chi connectivity index (χ0n) is 12.3. The van der Waals surface area contributed by atoms with Crippen molar-refractivity contribution in [2.45, 2.75) is 0 Å². The lowest BCUT2D eigenvalue weighted by atomic mass is 10.1. The summed E-state index contributed by atoms with van der Waals surface area (Å²) in [5.74, 6) is 1.53. The number of hydrogen-bond acceptors (Lipinski definition) is 6. The maximum atomic E-state index is 11.4. The van der Waals surface area contributed by atoms with E-state index in [0.717, 1.165) is 5.56 Å². The topological polar surface area (TPSA) is 66.0 Å². The molecule has 0 unspecified atom stereocenters. The van der Waals surface area contributed by atoms with Gasteiger partial charge in [0.05, 0.1) is 21.3 Å². The summed E-state index contributed by atoms with van der Waals surface area (Å²) in [6, 6.07) is 3.49. The first-order chi connectivity index (χ1) is 10.6. The highest BCUT2D eigenvalue weighted by Gasteiger charge is 2.22. The van der Waals surface area contributed by atoms with Gasteiger partial charge in [-0.05, 0) is 24.4 Å². The summed E-state index contributed by atoms with van der Waals surface area (Å²) in [5.41, 5.74) is 0.762. The standard InChI is InChI=1S/C15H15NO5S/c1-18-11-8-13(20-3)12(19-2)7-9(11)5-4-6-10-14(17)16-15(22)21-10/h4-8H,1-3H3,(H,16,17,22). The van der Waals surface area contributed by atoms with Crippen molar-refractivity contribution in [3.8, 4) is 17.2 Å². The van der Waals surface area contributed by atoms with Gasteiger partial charge in [-0.3, -0.25) is 10.1 Å². The Bertz CT molecular complexity index is 666. The number of thiocarbonyl (C=S) groups is 1. The molecule has 1 aliphatic rings. The molecule has 7 heteroatoms. The number of allylic oxidation sites excluding steroid dienone is 2. The summed E-state index contributed by atoms with van der Waals surface area (Å²) >= 11 is 4.75. The number of rotatable bonds is 5. The molecular formula is C15H15NO5S. The second kappa shape index (κ2) is 6.95. The van der Waals surface area contributed by atoms with E-state index in [1.54, 1.807) is 45.6 Å². The molecule has 1 aliphatic heterocycles. The van der Waals surface area contributed by atoms with Gasteiger partial charge in [0, 0.05) is 11.6 Å². The SMILES string of the molecule is COc1cc(OC)c(OC)cc1C=CC=C1OC(=S)NC1=O. The first-order valence-corrected chi connectivity index (χ1v) is 6.71. The maximum absolute atomic E-state index is 11.4. The molecule has 1 saturated heterocycles. The van der Waals surface area contributed by atoms with Crippen molar-refractivity contribution < 1.29 is 23.7 Å². The minimum absolute atomic E-state index is 0.0494. The Morgan fingerprint density at radius 1 is 1.09 bits per heavy atom. The van der Waals surface area contributed by atoms with E-state index in [2.05, 4.69) is 5.32 Å². The Kier molecular flexibility index (Phi) is 5.00. The lowest BCUT2D eigenvalue weighted by Gasteiger charge is -2.11. The molecule has 1 fully saturated rings. The highest BCUT2D eigenvalue weighted by atomic mass is 32.1.